The average Bonchev–Trinajstić information content (AvgIpc) is 3.23. The molecule has 0 atom stereocenters. The zero-order valence-electron chi connectivity index (χ0n) is 22.9. The van der Waals surface area contributed by atoms with Gasteiger partial charge in [0.1, 0.15) is 17.3 Å². The SMILES string of the molecule is C1COC1.Cc1ccc(Oc2ccc(C(=O)N3CCN(Cc4nc5ccc(C(=O)O)cc5n4C)CC3)cc2)cc1. The molecule has 2 fully saturated rings. The van der Waals surface area contributed by atoms with Gasteiger partial charge in [0, 0.05) is 52.0 Å². The van der Waals surface area contributed by atoms with E-state index in [-0.39, 0.29) is 11.5 Å². The molecule has 0 saturated carbocycles. The average molecular weight is 543 g/mol. The first-order valence-electron chi connectivity index (χ1n) is 13.5. The van der Waals surface area contributed by atoms with Crippen LogP contribution in [-0.2, 0) is 18.3 Å². The van der Waals surface area contributed by atoms with E-state index in [0.717, 1.165) is 48.9 Å². The lowest BCUT2D eigenvalue weighted by atomic mass is 10.1. The highest BCUT2D eigenvalue weighted by Gasteiger charge is 2.23. The molecule has 2 aliphatic heterocycles. The van der Waals surface area contributed by atoms with Gasteiger partial charge in [-0.25, -0.2) is 9.78 Å². The fourth-order valence-corrected chi connectivity index (χ4v) is 4.56. The van der Waals surface area contributed by atoms with E-state index in [9.17, 15) is 14.7 Å². The number of rotatable bonds is 6. The van der Waals surface area contributed by atoms with Crippen LogP contribution in [0.25, 0.3) is 11.0 Å². The minimum atomic E-state index is -0.950. The molecule has 0 aliphatic carbocycles. The highest BCUT2D eigenvalue weighted by molar-refractivity contribution is 5.94. The van der Waals surface area contributed by atoms with Gasteiger partial charge in [-0.3, -0.25) is 9.69 Å². The smallest absolute Gasteiger partial charge is 0.335 e. The zero-order chi connectivity index (χ0) is 28.1. The minimum Gasteiger partial charge on any atom is -0.478 e. The lowest BCUT2D eigenvalue weighted by Gasteiger charge is -2.34. The molecule has 1 N–H and O–H groups in total. The number of aromatic nitrogens is 2. The molecule has 0 spiro atoms. The fraction of sp³-hybridized carbons (Fsp3) is 0.323. The second-order valence-corrected chi connectivity index (χ2v) is 10.1. The quantitative estimate of drug-likeness (QED) is 0.376. The molecule has 0 bridgehead atoms. The first kappa shape index (κ1) is 27.4. The summed E-state index contributed by atoms with van der Waals surface area (Å²) in [6, 6.07) is 20.1. The number of hydrogen-bond acceptors (Lipinski definition) is 6. The predicted molar refractivity (Wildman–Crippen MR) is 152 cm³/mol. The summed E-state index contributed by atoms with van der Waals surface area (Å²) < 4.78 is 12.5. The predicted octanol–water partition coefficient (Wildman–Crippen LogP) is 4.74. The van der Waals surface area contributed by atoms with E-state index < -0.39 is 5.97 Å². The summed E-state index contributed by atoms with van der Waals surface area (Å²) in [5.74, 6) is 1.39. The lowest BCUT2D eigenvalue weighted by molar-refractivity contribution is 0.0367. The van der Waals surface area contributed by atoms with Crippen LogP contribution in [0.1, 0.15) is 38.5 Å². The number of ether oxygens (including phenoxy) is 2. The van der Waals surface area contributed by atoms with Crippen LogP contribution in [0.3, 0.4) is 0 Å². The summed E-state index contributed by atoms with van der Waals surface area (Å²) in [6.45, 7) is 7.42. The maximum Gasteiger partial charge on any atom is 0.335 e. The van der Waals surface area contributed by atoms with Gasteiger partial charge in [-0.15, -0.1) is 0 Å². The first-order chi connectivity index (χ1) is 19.4. The molecule has 6 rings (SSSR count). The van der Waals surface area contributed by atoms with Crippen molar-refractivity contribution in [1.82, 2.24) is 19.4 Å². The Bertz CT molecular complexity index is 1460. The molecular formula is C31H34N4O5. The third kappa shape index (κ3) is 6.50. The number of aryl methyl sites for hydroxylation is 2. The molecule has 0 unspecified atom stereocenters. The Morgan fingerprint density at radius 2 is 1.48 bits per heavy atom. The summed E-state index contributed by atoms with van der Waals surface area (Å²) in [5.41, 5.74) is 3.64. The number of aromatic carboxylic acids is 1. The Morgan fingerprint density at radius 1 is 0.900 bits per heavy atom. The Morgan fingerprint density at radius 3 is 2.05 bits per heavy atom. The van der Waals surface area contributed by atoms with Gasteiger partial charge >= 0.3 is 5.97 Å². The molecule has 208 valence electrons. The van der Waals surface area contributed by atoms with Gasteiger partial charge in [0.25, 0.3) is 5.91 Å². The van der Waals surface area contributed by atoms with Crippen molar-refractivity contribution in [2.24, 2.45) is 7.05 Å². The van der Waals surface area contributed by atoms with E-state index >= 15 is 0 Å². The second kappa shape index (κ2) is 12.3. The third-order valence-electron chi connectivity index (χ3n) is 7.18. The summed E-state index contributed by atoms with van der Waals surface area (Å²) >= 11 is 0. The van der Waals surface area contributed by atoms with Crippen molar-refractivity contribution in [2.45, 2.75) is 19.9 Å². The number of carboxylic acid groups (broad SMARTS) is 1. The number of benzene rings is 3. The number of carbonyl (C=O) groups is 2. The Hall–Kier alpha value is -4.21. The molecule has 0 radical (unpaired) electrons. The third-order valence-corrected chi connectivity index (χ3v) is 7.18. The summed E-state index contributed by atoms with van der Waals surface area (Å²) in [7, 11) is 1.91. The Labute approximate surface area is 233 Å². The normalized spacial score (nSPS) is 15.2. The molecule has 1 amide bonds. The Balaban J connectivity index is 0.000000741. The number of fused-ring (bicyclic) bond motifs is 1. The maximum absolute atomic E-state index is 13.0. The summed E-state index contributed by atoms with van der Waals surface area (Å²) in [6.07, 6.45) is 1.28. The van der Waals surface area contributed by atoms with Gasteiger partial charge in [-0.1, -0.05) is 17.7 Å². The number of carbonyl (C=O) groups excluding carboxylic acids is 1. The van der Waals surface area contributed by atoms with Crippen LogP contribution in [0.2, 0.25) is 0 Å². The number of hydrogen-bond donors (Lipinski definition) is 1. The molecule has 2 saturated heterocycles. The number of amides is 1. The van der Waals surface area contributed by atoms with Gasteiger partial charge < -0.3 is 24.0 Å². The van der Waals surface area contributed by atoms with Gasteiger partial charge in [-0.2, -0.15) is 0 Å². The maximum atomic E-state index is 13.0. The number of imidazole rings is 1. The van der Waals surface area contributed by atoms with E-state index in [1.165, 1.54) is 12.0 Å². The highest BCUT2D eigenvalue weighted by atomic mass is 16.5. The number of piperazine rings is 1. The summed E-state index contributed by atoms with van der Waals surface area (Å²) in [4.78, 5) is 33.2. The van der Waals surface area contributed by atoms with E-state index in [2.05, 4.69) is 9.88 Å². The molecule has 9 heteroatoms. The van der Waals surface area contributed by atoms with Crippen molar-refractivity contribution in [3.05, 3.63) is 89.2 Å². The van der Waals surface area contributed by atoms with Crippen molar-refractivity contribution in [1.29, 1.82) is 0 Å². The van der Waals surface area contributed by atoms with Crippen molar-refractivity contribution in [3.63, 3.8) is 0 Å². The fourth-order valence-electron chi connectivity index (χ4n) is 4.56. The van der Waals surface area contributed by atoms with E-state index in [1.54, 1.807) is 18.2 Å². The highest BCUT2D eigenvalue weighted by Crippen LogP contribution is 2.23. The molecular weight excluding hydrogens is 508 g/mol. The van der Waals surface area contributed by atoms with Gasteiger partial charge in [-0.05, 0) is 67.9 Å². The van der Waals surface area contributed by atoms with Crippen LogP contribution in [-0.4, -0.2) is 75.7 Å². The zero-order valence-corrected chi connectivity index (χ0v) is 22.9. The topological polar surface area (TPSA) is 97.1 Å². The standard InChI is InChI=1S/C28H28N4O4.C3H6O/c1-19-3-8-22(9-4-19)36-23-10-5-20(6-11-23)27(33)32-15-13-31(14-16-32)18-26-29-24-12-7-21(28(34)35)17-25(24)30(26)2;1-2-4-3-1/h3-12,17H,13-16,18H2,1-2H3,(H,34,35);1-3H2. The molecule has 1 aromatic heterocycles. The van der Waals surface area contributed by atoms with Gasteiger partial charge in [0.05, 0.1) is 23.1 Å². The number of nitrogens with zero attached hydrogens (tertiary/aromatic N) is 4. The van der Waals surface area contributed by atoms with Crippen LogP contribution < -0.4 is 4.74 Å². The minimum absolute atomic E-state index is 0.0143. The van der Waals surface area contributed by atoms with Crippen molar-refractivity contribution < 1.29 is 24.2 Å². The molecule has 4 aromatic rings. The summed E-state index contributed by atoms with van der Waals surface area (Å²) in [5, 5.41) is 9.26. The molecule has 40 heavy (non-hydrogen) atoms. The van der Waals surface area contributed by atoms with Crippen LogP contribution in [0.15, 0.2) is 66.7 Å². The van der Waals surface area contributed by atoms with Crippen LogP contribution in [0.4, 0.5) is 0 Å². The lowest BCUT2D eigenvalue weighted by Crippen LogP contribution is -2.48. The second-order valence-electron chi connectivity index (χ2n) is 10.1. The van der Waals surface area contributed by atoms with Crippen LogP contribution in [0.5, 0.6) is 11.5 Å². The van der Waals surface area contributed by atoms with E-state index in [0.29, 0.717) is 30.9 Å². The van der Waals surface area contributed by atoms with Gasteiger partial charge in [0.15, 0.2) is 0 Å². The molecule has 9 nitrogen and oxygen atoms in total. The van der Waals surface area contributed by atoms with Crippen molar-refractivity contribution >= 4 is 22.9 Å². The monoisotopic (exact) mass is 542 g/mol. The Kier molecular flexibility index (Phi) is 8.42. The molecule has 3 aromatic carbocycles. The molecule has 2 aliphatic rings. The van der Waals surface area contributed by atoms with Crippen molar-refractivity contribution in [3.8, 4) is 11.5 Å². The first-order valence-corrected chi connectivity index (χ1v) is 13.5. The van der Waals surface area contributed by atoms with Crippen molar-refractivity contribution in [2.75, 3.05) is 39.4 Å². The van der Waals surface area contributed by atoms with E-state index in [4.69, 9.17) is 9.47 Å². The van der Waals surface area contributed by atoms with Crippen LogP contribution in [0, 0.1) is 6.92 Å². The largest absolute Gasteiger partial charge is 0.478 e. The molecule has 3 heterocycles. The van der Waals surface area contributed by atoms with E-state index in [1.807, 2.05) is 72.0 Å². The van der Waals surface area contributed by atoms with Gasteiger partial charge in [0.2, 0.25) is 0 Å². The van der Waals surface area contributed by atoms with Crippen LogP contribution >= 0.6 is 0 Å². The number of carboxylic acids is 1.